The van der Waals surface area contributed by atoms with Gasteiger partial charge in [-0.2, -0.15) is 5.10 Å². The van der Waals surface area contributed by atoms with Crippen LogP contribution in [0.4, 0.5) is 5.82 Å². The molecule has 0 aliphatic carbocycles. The molecule has 2 rings (SSSR count). The van der Waals surface area contributed by atoms with Gasteiger partial charge in [0.1, 0.15) is 12.1 Å². The van der Waals surface area contributed by atoms with E-state index in [1.165, 1.54) is 10.7 Å². The van der Waals surface area contributed by atoms with Gasteiger partial charge in [-0.05, 0) is 0 Å². The van der Waals surface area contributed by atoms with Gasteiger partial charge >= 0.3 is 5.69 Å². The first-order chi connectivity index (χ1) is 7.22. The molecule has 2 aromatic heterocycles. The first-order valence-corrected chi connectivity index (χ1v) is 4.47. The predicted molar refractivity (Wildman–Crippen MR) is 54.0 cm³/mol. The largest absolute Gasteiger partial charge is 0.395 e. The van der Waals surface area contributed by atoms with Crippen molar-refractivity contribution in [3.05, 3.63) is 22.9 Å². The van der Waals surface area contributed by atoms with Crippen LogP contribution in [0.25, 0.3) is 5.65 Å². The highest BCUT2D eigenvalue weighted by Gasteiger charge is 2.05. The van der Waals surface area contributed by atoms with Gasteiger partial charge in [0, 0.05) is 19.7 Å². The normalized spacial score (nSPS) is 10.8. The Kier molecular flexibility index (Phi) is 2.38. The van der Waals surface area contributed by atoms with Gasteiger partial charge in [-0.3, -0.25) is 0 Å². The summed E-state index contributed by atoms with van der Waals surface area (Å²) in [5.41, 5.74) is 0.198. The molecule has 0 bridgehead atoms. The molecule has 2 aromatic rings. The number of anilines is 1. The third-order valence-corrected chi connectivity index (χ3v) is 2.12. The van der Waals surface area contributed by atoms with Crippen LogP contribution in [0.15, 0.2) is 17.2 Å². The molecule has 2 heterocycles. The van der Waals surface area contributed by atoms with E-state index in [9.17, 15) is 4.79 Å². The minimum atomic E-state index is -0.311. The van der Waals surface area contributed by atoms with Crippen LogP contribution in [0.5, 0.6) is 0 Å². The molecule has 0 aromatic carbocycles. The van der Waals surface area contributed by atoms with Crippen LogP contribution in [-0.2, 0) is 0 Å². The van der Waals surface area contributed by atoms with Gasteiger partial charge in [0.2, 0.25) is 0 Å². The van der Waals surface area contributed by atoms with E-state index in [0.29, 0.717) is 18.0 Å². The average Bonchev–Trinajstić information content (AvgIpc) is 2.60. The van der Waals surface area contributed by atoms with Gasteiger partial charge in [-0.1, -0.05) is 0 Å². The molecule has 0 saturated heterocycles. The van der Waals surface area contributed by atoms with Gasteiger partial charge in [-0.15, -0.1) is 0 Å². The number of hydrogen-bond acceptors (Lipinski definition) is 5. The monoisotopic (exact) mass is 209 g/mol. The fraction of sp³-hybridized carbons (Fsp3) is 0.375. The Hall–Kier alpha value is -1.89. The molecule has 0 aliphatic heterocycles. The third-order valence-electron chi connectivity index (χ3n) is 2.12. The van der Waals surface area contributed by atoms with Gasteiger partial charge in [0.15, 0.2) is 5.65 Å². The number of aliphatic hydroxyl groups is 1. The molecule has 0 fully saturated rings. The highest BCUT2D eigenvalue weighted by molar-refractivity contribution is 5.49. The number of aliphatic hydroxyl groups excluding tert-OH is 1. The number of likely N-dealkylation sites (N-methyl/N-ethyl adjacent to an activating group) is 1. The van der Waals surface area contributed by atoms with E-state index in [-0.39, 0.29) is 12.3 Å². The lowest BCUT2D eigenvalue weighted by atomic mass is 10.5. The molecule has 7 nitrogen and oxygen atoms in total. The summed E-state index contributed by atoms with van der Waals surface area (Å²) in [6.45, 7) is 0.536. The van der Waals surface area contributed by atoms with Crippen molar-refractivity contribution in [3.8, 4) is 0 Å². The Morgan fingerprint density at radius 3 is 3.20 bits per heavy atom. The summed E-state index contributed by atoms with van der Waals surface area (Å²) >= 11 is 0. The zero-order chi connectivity index (χ0) is 10.8. The molecular weight excluding hydrogens is 198 g/mol. The van der Waals surface area contributed by atoms with Gasteiger partial charge in [-0.25, -0.2) is 19.3 Å². The van der Waals surface area contributed by atoms with Crippen molar-refractivity contribution < 1.29 is 5.11 Å². The number of nitrogens with zero attached hydrogens (tertiary/aromatic N) is 4. The van der Waals surface area contributed by atoms with Crippen LogP contribution in [0.1, 0.15) is 0 Å². The van der Waals surface area contributed by atoms with Gasteiger partial charge < -0.3 is 10.0 Å². The summed E-state index contributed by atoms with van der Waals surface area (Å²) in [7, 11) is 1.81. The minimum absolute atomic E-state index is 0.0523. The standard InChI is InChI=1S/C8H11N5O2/c1-12(2-3-14)6-4-7-10-11-8(15)13(7)5-9-6/h4-5,14H,2-3H2,1H3,(H,11,15). The molecule has 0 amide bonds. The van der Waals surface area contributed by atoms with E-state index in [2.05, 4.69) is 15.2 Å². The maximum atomic E-state index is 11.1. The Balaban J connectivity index is 2.43. The zero-order valence-corrected chi connectivity index (χ0v) is 8.21. The molecule has 15 heavy (non-hydrogen) atoms. The van der Waals surface area contributed by atoms with Gasteiger partial charge in [0.05, 0.1) is 6.61 Å². The van der Waals surface area contributed by atoms with Crippen LogP contribution in [0.3, 0.4) is 0 Å². The fourth-order valence-electron chi connectivity index (χ4n) is 1.27. The second kappa shape index (κ2) is 3.70. The van der Waals surface area contributed by atoms with Crippen molar-refractivity contribution in [1.29, 1.82) is 0 Å². The number of aromatic nitrogens is 4. The number of hydrogen-bond donors (Lipinski definition) is 2. The highest BCUT2D eigenvalue weighted by atomic mass is 16.3. The van der Waals surface area contributed by atoms with E-state index in [1.807, 2.05) is 0 Å². The first-order valence-electron chi connectivity index (χ1n) is 4.47. The van der Waals surface area contributed by atoms with Crippen molar-refractivity contribution in [1.82, 2.24) is 19.6 Å². The Bertz CT molecular complexity index is 517. The van der Waals surface area contributed by atoms with Gasteiger partial charge in [0.25, 0.3) is 0 Å². The van der Waals surface area contributed by atoms with Crippen LogP contribution in [0, 0.1) is 0 Å². The predicted octanol–water partition coefficient (Wildman–Crippen LogP) is -1.15. The summed E-state index contributed by atoms with van der Waals surface area (Å²) in [4.78, 5) is 17.0. The van der Waals surface area contributed by atoms with Crippen molar-refractivity contribution in [2.24, 2.45) is 0 Å². The van der Waals surface area contributed by atoms with Crippen molar-refractivity contribution in [2.75, 3.05) is 25.1 Å². The highest BCUT2D eigenvalue weighted by Crippen LogP contribution is 2.08. The summed E-state index contributed by atoms with van der Waals surface area (Å²) in [6, 6.07) is 1.67. The summed E-state index contributed by atoms with van der Waals surface area (Å²) in [5.74, 6) is 0.663. The first kappa shape index (κ1) is 9.66. The molecular formula is C8H11N5O2. The van der Waals surface area contributed by atoms with E-state index >= 15 is 0 Å². The molecule has 0 atom stereocenters. The second-order valence-electron chi connectivity index (χ2n) is 3.15. The van der Waals surface area contributed by atoms with E-state index in [4.69, 9.17) is 5.11 Å². The van der Waals surface area contributed by atoms with Crippen LogP contribution >= 0.6 is 0 Å². The zero-order valence-electron chi connectivity index (χ0n) is 8.21. The fourth-order valence-corrected chi connectivity index (χ4v) is 1.27. The molecule has 2 N–H and O–H groups in total. The maximum Gasteiger partial charge on any atom is 0.348 e. The van der Waals surface area contributed by atoms with Crippen LogP contribution in [0.2, 0.25) is 0 Å². The second-order valence-corrected chi connectivity index (χ2v) is 3.15. The SMILES string of the molecule is CN(CCO)c1cc2n[nH]c(=O)n2cn1. The topological polar surface area (TPSA) is 86.5 Å². The Morgan fingerprint density at radius 2 is 2.47 bits per heavy atom. The quantitative estimate of drug-likeness (QED) is 0.666. The average molecular weight is 209 g/mol. The van der Waals surface area contributed by atoms with E-state index in [1.54, 1.807) is 18.0 Å². The number of aromatic amines is 1. The minimum Gasteiger partial charge on any atom is -0.395 e. The number of H-pyrrole nitrogens is 1. The van der Waals surface area contributed by atoms with Crippen molar-refractivity contribution in [3.63, 3.8) is 0 Å². The molecule has 0 aliphatic rings. The number of rotatable bonds is 3. The molecule has 0 radical (unpaired) electrons. The molecule has 0 unspecified atom stereocenters. The Labute approximate surface area is 85.0 Å². The van der Waals surface area contributed by atoms with Crippen LogP contribution < -0.4 is 10.6 Å². The van der Waals surface area contributed by atoms with Crippen molar-refractivity contribution in [2.45, 2.75) is 0 Å². The van der Waals surface area contributed by atoms with Crippen molar-refractivity contribution >= 4 is 11.5 Å². The molecule has 0 saturated carbocycles. The van der Waals surface area contributed by atoms with E-state index in [0.717, 1.165) is 0 Å². The van der Waals surface area contributed by atoms with E-state index < -0.39 is 0 Å². The summed E-state index contributed by atoms with van der Waals surface area (Å²) in [6.07, 6.45) is 1.41. The van der Waals surface area contributed by atoms with Crippen LogP contribution in [-0.4, -0.2) is 44.9 Å². The Morgan fingerprint density at radius 1 is 1.67 bits per heavy atom. The summed E-state index contributed by atoms with van der Waals surface area (Å²) in [5, 5.41) is 14.9. The lowest BCUT2D eigenvalue weighted by molar-refractivity contribution is 0.304. The number of fused-ring (bicyclic) bond motifs is 1. The molecule has 7 heteroatoms. The number of nitrogens with one attached hydrogen (secondary N) is 1. The smallest absolute Gasteiger partial charge is 0.348 e. The molecule has 0 spiro atoms. The summed E-state index contributed by atoms with van der Waals surface area (Å²) < 4.78 is 1.32. The molecule has 80 valence electrons. The maximum absolute atomic E-state index is 11.1. The lowest BCUT2D eigenvalue weighted by Gasteiger charge is -2.15. The third kappa shape index (κ3) is 1.68. The lowest BCUT2D eigenvalue weighted by Crippen LogP contribution is -2.22.